The van der Waals surface area contributed by atoms with E-state index in [0.717, 1.165) is 0 Å². The molecule has 0 spiro atoms. The fraction of sp³-hybridized carbons (Fsp3) is 0. The molecular weight excluding hydrogens is 460 g/mol. The molecule has 0 saturated heterocycles. The first-order chi connectivity index (χ1) is 25.5. The molecule has 2 heterocycles. The Morgan fingerprint density at radius 1 is 0.395 bits per heavy atom. The SMILES string of the molecule is [2H]c1ccc(-n2c3c([2H])c([2H])c([2H])c([2H])c3c3c([2H])c(-c4c([2H])c([2H])c5c(c4[2H])c4c([2H])c([2H])c([2H])c([2H])c4n5-c4ccc([2H])cc4)c([2H])c([2H])c32)cc1. The molecule has 8 aromatic rings. The van der Waals surface area contributed by atoms with Crippen LogP contribution in [0.4, 0.5) is 0 Å². The first-order valence-electron chi connectivity index (χ1n) is 19.7. The highest BCUT2D eigenvalue weighted by Crippen LogP contribution is 2.38. The molecule has 178 valence electrons. The van der Waals surface area contributed by atoms with Crippen molar-refractivity contribution in [2.45, 2.75) is 0 Å². The van der Waals surface area contributed by atoms with Crippen molar-refractivity contribution in [3.8, 4) is 22.5 Å². The largest absolute Gasteiger partial charge is 0.309 e. The van der Waals surface area contributed by atoms with Gasteiger partial charge in [0.15, 0.2) is 0 Å². The van der Waals surface area contributed by atoms with E-state index in [2.05, 4.69) is 0 Å². The predicted octanol–water partition coefficient (Wildman–Crippen LogP) is 9.55. The highest BCUT2D eigenvalue weighted by molar-refractivity contribution is 6.12. The molecule has 8 rings (SSSR count). The van der Waals surface area contributed by atoms with Gasteiger partial charge in [0.25, 0.3) is 0 Å². The van der Waals surface area contributed by atoms with Crippen molar-refractivity contribution in [3.63, 3.8) is 0 Å². The summed E-state index contributed by atoms with van der Waals surface area (Å²) in [6, 6.07) is 4.10. The molecule has 0 saturated carbocycles. The maximum atomic E-state index is 9.56. The van der Waals surface area contributed by atoms with Gasteiger partial charge in [0.2, 0.25) is 0 Å². The molecule has 6 aromatic carbocycles. The molecule has 0 unspecified atom stereocenters. The molecule has 2 heteroatoms. The summed E-state index contributed by atoms with van der Waals surface area (Å²) in [5.41, 5.74) is -0.776. The fourth-order valence-corrected chi connectivity index (χ4v) is 4.85. The molecule has 0 fully saturated rings. The lowest BCUT2D eigenvalue weighted by Gasteiger charge is -2.09. The number of aromatic nitrogens is 2. The van der Waals surface area contributed by atoms with E-state index in [4.69, 9.17) is 13.7 Å². The Kier molecular flexibility index (Phi) is 2.32. The van der Waals surface area contributed by atoms with Crippen LogP contribution in [-0.2, 0) is 0 Å². The second-order valence-electron chi connectivity index (χ2n) is 8.58. The van der Waals surface area contributed by atoms with Crippen LogP contribution in [0, 0.1) is 0 Å². The van der Waals surface area contributed by atoms with Crippen LogP contribution in [0.15, 0.2) is 145 Å². The Hall–Kier alpha value is -5.08. The standard InChI is InChI=1S/C36H24N2/c1-3-11-27(12-4-1)37-33-17-9-7-15-29(33)31-23-25(19-21-35(31)37)26-20-22-36-32(24-26)30-16-8-10-18-34(30)38(36)28-13-5-2-6-14-28/h1-24H/i1D,2D,7D,8D,9D,10D,15D,16D,17D,18D,19D,20D,21D,22D,23D,24D. The summed E-state index contributed by atoms with van der Waals surface area (Å²) in [6.07, 6.45) is 0. The fourth-order valence-electron chi connectivity index (χ4n) is 4.85. The molecule has 0 radical (unpaired) electrons. The number of fused-ring (bicyclic) bond motifs is 6. The topological polar surface area (TPSA) is 9.86 Å². The summed E-state index contributed by atoms with van der Waals surface area (Å²) in [7, 11) is 0. The highest BCUT2D eigenvalue weighted by Gasteiger charge is 2.15. The van der Waals surface area contributed by atoms with Crippen LogP contribution in [0.3, 0.4) is 0 Å². The number of nitrogens with zero attached hydrogens (tertiary/aromatic N) is 2. The maximum Gasteiger partial charge on any atom is 0.0645 e. The van der Waals surface area contributed by atoms with Crippen molar-refractivity contribution < 1.29 is 21.9 Å². The molecule has 0 aliphatic heterocycles. The van der Waals surface area contributed by atoms with Gasteiger partial charge >= 0.3 is 0 Å². The third kappa shape index (κ3) is 3.07. The summed E-state index contributed by atoms with van der Waals surface area (Å²) >= 11 is 0. The average molecular weight is 501 g/mol. The van der Waals surface area contributed by atoms with Gasteiger partial charge in [-0.05, 0) is 71.6 Å². The van der Waals surface area contributed by atoms with Crippen molar-refractivity contribution in [2.24, 2.45) is 0 Å². The van der Waals surface area contributed by atoms with E-state index in [0.29, 0.717) is 0 Å². The third-order valence-corrected chi connectivity index (χ3v) is 6.48. The van der Waals surface area contributed by atoms with Crippen LogP contribution in [0.1, 0.15) is 21.9 Å². The van der Waals surface area contributed by atoms with Crippen molar-refractivity contribution in [3.05, 3.63) is 145 Å². The minimum absolute atomic E-state index is 0.0983. The zero-order valence-corrected chi connectivity index (χ0v) is 19.5. The van der Waals surface area contributed by atoms with Crippen LogP contribution < -0.4 is 0 Å². The molecule has 2 aromatic heterocycles. The number of hydrogen-bond acceptors (Lipinski definition) is 0. The molecule has 0 N–H and O–H groups in total. The predicted molar refractivity (Wildman–Crippen MR) is 161 cm³/mol. The number of benzene rings is 6. The highest BCUT2D eigenvalue weighted by atomic mass is 15.0. The molecule has 0 amide bonds. The Labute approximate surface area is 243 Å². The number of rotatable bonds is 3. The Bertz CT molecular complexity index is 2780. The molecule has 38 heavy (non-hydrogen) atoms. The van der Waals surface area contributed by atoms with Crippen molar-refractivity contribution in [2.75, 3.05) is 0 Å². The third-order valence-electron chi connectivity index (χ3n) is 6.48. The molecule has 0 atom stereocenters. The lowest BCUT2D eigenvalue weighted by Crippen LogP contribution is -1.93. The zero-order chi connectivity index (χ0) is 39.0. The lowest BCUT2D eigenvalue weighted by atomic mass is 10.0. The van der Waals surface area contributed by atoms with Crippen molar-refractivity contribution in [1.82, 2.24) is 9.13 Å². The Balaban J connectivity index is 1.60. The van der Waals surface area contributed by atoms with Crippen LogP contribution in [0.5, 0.6) is 0 Å². The quantitative estimate of drug-likeness (QED) is 0.229. The molecule has 0 aliphatic carbocycles. The van der Waals surface area contributed by atoms with Gasteiger partial charge in [-0.1, -0.05) is 84.7 Å². The number of hydrogen-bond donors (Lipinski definition) is 0. The summed E-state index contributed by atoms with van der Waals surface area (Å²) in [4.78, 5) is 0. The minimum Gasteiger partial charge on any atom is -0.309 e. The van der Waals surface area contributed by atoms with E-state index < -0.39 is 95.7 Å². The van der Waals surface area contributed by atoms with Gasteiger partial charge in [-0.25, -0.2) is 0 Å². The summed E-state index contributed by atoms with van der Waals surface area (Å²) in [5, 5.41) is -0.652. The van der Waals surface area contributed by atoms with E-state index in [1.807, 2.05) is 0 Å². The molecule has 0 bridgehead atoms. The van der Waals surface area contributed by atoms with Gasteiger partial charge in [0.05, 0.1) is 44.0 Å². The second-order valence-corrected chi connectivity index (χ2v) is 8.58. The monoisotopic (exact) mass is 500 g/mol. The normalized spacial score (nSPS) is 17.6. The van der Waals surface area contributed by atoms with Crippen LogP contribution in [0.25, 0.3) is 66.1 Å². The van der Waals surface area contributed by atoms with Gasteiger partial charge in [0, 0.05) is 32.9 Å². The Morgan fingerprint density at radius 3 is 1.24 bits per heavy atom. The smallest absolute Gasteiger partial charge is 0.0645 e. The van der Waals surface area contributed by atoms with Gasteiger partial charge in [-0.3, -0.25) is 0 Å². The molecule has 0 aliphatic rings. The van der Waals surface area contributed by atoms with E-state index >= 15 is 0 Å². The second kappa shape index (κ2) is 8.22. The van der Waals surface area contributed by atoms with E-state index in [9.17, 15) is 8.22 Å². The first-order valence-corrected chi connectivity index (χ1v) is 11.7. The zero-order valence-electron chi connectivity index (χ0n) is 35.5. The van der Waals surface area contributed by atoms with Gasteiger partial charge in [-0.2, -0.15) is 0 Å². The Morgan fingerprint density at radius 2 is 0.789 bits per heavy atom. The van der Waals surface area contributed by atoms with Gasteiger partial charge in [0.1, 0.15) is 0 Å². The maximum absolute atomic E-state index is 9.56. The molecule has 2 nitrogen and oxygen atoms in total. The van der Waals surface area contributed by atoms with Crippen LogP contribution in [0.2, 0.25) is 0 Å². The van der Waals surface area contributed by atoms with Crippen molar-refractivity contribution >= 4 is 43.6 Å². The number of para-hydroxylation sites is 4. The van der Waals surface area contributed by atoms with E-state index in [1.54, 1.807) is 0 Å². The first kappa shape index (κ1) is 10.7. The lowest BCUT2D eigenvalue weighted by molar-refractivity contribution is 1.18. The minimum atomic E-state index is -0.652. The molecular formula is C36H24N2. The van der Waals surface area contributed by atoms with E-state index in [1.165, 1.54) is 57.7 Å². The van der Waals surface area contributed by atoms with Gasteiger partial charge < -0.3 is 9.13 Å². The summed E-state index contributed by atoms with van der Waals surface area (Å²) < 4.78 is 144. The average Bonchev–Trinajstić information content (AvgIpc) is 3.70. The van der Waals surface area contributed by atoms with Crippen LogP contribution >= 0.6 is 0 Å². The van der Waals surface area contributed by atoms with Crippen molar-refractivity contribution in [1.29, 1.82) is 0 Å². The van der Waals surface area contributed by atoms with E-state index in [-0.39, 0.29) is 67.1 Å². The summed E-state index contributed by atoms with van der Waals surface area (Å²) in [5.74, 6) is 0. The summed E-state index contributed by atoms with van der Waals surface area (Å²) in [6.45, 7) is 0. The van der Waals surface area contributed by atoms with Crippen LogP contribution in [-0.4, -0.2) is 9.13 Å². The van der Waals surface area contributed by atoms with Gasteiger partial charge in [-0.15, -0.1) is 0 Å².